The first-order chi connectivity index (χ1) is 7.59. The molecule has 1 aromatic carbocycles. The standard InChI is InChI=1S/C11H11ClO4/c1-6-4-8-11(16-3-2-15-8)10(12)7(6)5-9(13)14/h4H,2-3,5H2,1H3,(H,13,14). The maximum absolute atomic E-state index is 10.7. The highest BCUT2D eigenvalue weighted by molar-refractivity contribution is 6.33. The molecule has 0 aromatic heterocycles. The summed E-state index contributed by atoms with van der Waals surface area (Å²) in [5.41, 5.74) is 1.38. The van der Waals surface area contributed by atoms with Crippen molar-refractivity contribution in [1.29, 1.82) is 0 Å². The Hall–Kier alpha value is -1.42. The minimum absolute atomic E-state index is 0.110. The van der Waals surface area contributed by atoms with Crippen LogP contribution in [0.5, 0.6) is 11.5 Å². The van der Waals surface area contributed by atoms with Crippen LogP contribution in [0.25, 0.3) is 0 Å². The van der Waals surface area contributed by atoms with Crippen LogP contribution in [0.2, 0.25) is 5.02 Å². The van der Waals surface area contributed by atoms with Gasteiger partial charge in [0.2, 0.25) is 0 Å². The van der Waals surface area contributed by atoms with Gasteiger partial charge in [0.15, 0.2) is 11.5 Å². The lowest BCUT2D eigenvalue weighted by atomic mass is 10.0. The van der Waals surface area contributed by atoms with Gasteiger partial charge in [0, 0.05) is 0 Å². The Balaban J connectivity index is 2.49. The molecule has 2 rings (SSSR count). The lowest BCUT2D eigenvalue weighted by Crippen LogP contribution is -2.17. The van der Waals surface area contributed by atoms with Crippen molar-refractivity contribution in [2.75, 3.05) is 13.2 Å². The first-order valence-electron chi connectivity index (χ1n) is 4.89. The Bertz CT molecular complexity index is 442. The summed E-state index contributed by atoms with van der Waals surface area (Å²) < 4.78 is 10.8. The van der Waals surface area contributed by atoms with E-state index in [0.717, 1.165) is 5.56 Å². The highest BCUT2D eigenvalue weighted by atomic mass is 35.5. The highest BCUT2D eigenvalue weighted by Crippen LogP contribution is 2.41. The van der Waals surface area contributed by atoms with Gasteiger partial charge in [0.1, 0.15) is 13.2 Å². The molecule has 1 aromatic rings. The van der Waals surface area contributed by atoms with Gasteiger partial charge in [-0.3, -0.25) is 4.79 Å². The quantitative estimate of drug-likeness (QED) is 0.862. The number of halogens is 1. The summed E-state index contributed by atoms with van der Waals surface area (Å²) in [6, 6.07) is 1.76. The Morgan fingerprint density at radius 2 is 2.19 bits per heavy atom. The molecule has 0 saturated carbocycles. The third-order valence-electron chi connectivity index (χ3n) is 2.43. The molecule has 86 valence electrons. The summed E-state index contributed by atoms with van der Waals surface area (Å²) in [5.74, 6) is 0.124. The number of carboxylic acid groups (broad SMARTS) is 1. The smallest absolute Gasteiger partial charge is 0.307 e. The number of ether oxygens (including phenoxy) is 2. The monoisotopic (exact) mass is 242 g/mol. The lowest BCUT2D eigenvalue weighted by Gasteiger charge is -2.21. The van der Waals surface area contributed by atoms with Crippen molar-refractivity contribution in [2.45, 2.75) is 13.3 Å². The number of aryl methyl sites for hydroxylation is 1. The van der Waals surface area contributed by atoms with Gasteiger partial charge in [-0.1, -0.05) is 11.6 Å². The molecule has 1 N–H and O–H groups in total. The molecular weight excluding hydrogens is 232 g/mol. The third kappa shape index (κ3) is 1.93. The second-order valence-electron chi connectivity index (χ2n) is 3.58. The van der Waals surface area contributed by atoms with E-state index in [2.05, 4.69) is 0 Å². The Labute approximate surface area is 97.7 Å². The zero-order valence-electron chi connectivity index (χ0n) is 8.75. The van der Waals surface area contributed by atoms with Crippen LogP contribution in [0.4, 0.5) is 0 Å². The van der Waals surface area contributed by atoms with Gasteiger partial charge in [-0.05, 0) is 24.1 Å². The van der Waals surface area contributed by atoms with Crippen molar-refractivity contribution in [3.8, 4) is 11.5 Å². The molecular formula is C11H11ClO4. The summed E-state index contributed by atoms with van der Waals surface area (Å²) in [5, 5.41) is 9.13. The predicted octanol–water partition coefficient (Wildman–Crippen LogP) is 2.05. The second kappa shape index (κ2) is 4.22. The first-order valence-corrected chi connectivity index (χ1v) is 5.26. The molecule has 0 aliphatic carbocycles. The van der Waals surface area contributed by atoms with Crippen molar-refractivity contribution in [3.05, 3.63) is 22.2 Å². The summed E-state index contributed by atoms with van der Waals surface area (Å²) in [7, 11) is 0. The van der Waals surface area contributed by atoms with Crippen LogP contribution in [-0.4, -0.2) is 24.3 Å². The second-order valence-corrected chi connectivity index (χ2v) is 3.96. The number of aliphatic carboxylic acids is 1. The number of fused-ring (bicyclic) bond motifs is 1. The average Bonchev–Trinajstić information content (AvgIpc) is 2.24. The average molecular weight is 243 g/mol. The molecule has 0 fully saturated rings. The van der Waals surface area contributed by atoms with Crippen LogP contribution in [0.15, 0.2) is 6.07 Å². The van der Waals surface area contributed by atoms with Crippen LogP contribution in [-0.2, 0) is 11.2 Å². The fraction of sp³-hybridized carbons (Fsp3) is 0.364. The van der Waals surface area contributed by atoms with E-state index < -0.39 is 5.97 Å². The Morgan fingerprint density at radius 3 is 2.88 bits per heavy atom. The normalized spacial score (nSPS) is 13.6. The molecule has 1 heterocycles. The van der Waals surface area contributed by atoms with Gasteiger partial charge in [0.05, 0.1) is 11.4 Å². The molecule has 0 bridgehead atoms. The van der Waals surface area contributed by atoms with Gasteiger partial charge in [0.25, 0.3) is 0 Å². The number of carbonyl (C=O) groups is 1. The zero-order chi connectivity index (χ0) is 11.7. The van der Waals surface area contributed by atoms with E-state index in [9.17, 15) is 4.79 Å². The van der Waals surface area contributed by atoms with Crippen molar-refractivity contribution in [3.63, 3.8) is 0 Å². The molecule has 0 amide bonds. The minimum atomic E-state index is -0.915. The Kier molecular flexibility index (Phi) is 2.92. The topological polar surface area (TPSA) is 55.8 Å². The number of hydrogen-bond donors (Lipinski definition) is 1. The van der Waals surface area contributed by atoms with Crippen LogP contribution < -0.4 is 9.47 Å². The maximum Gasteiger partial charge on any atom is 0.307 e. The fourth-order valence-corrected chi connectivity index (χ4v) is 2.04. The van der Waals surface area contributed by atoms with Crippen molar-refractivity contribution in [2.24, 2.45) is 0 Å². The molecule has 0 saturated heterocycles. The van der Waals surface area contributed by atoms with E-state index in [1.165, 1.54) is 0 Å². The van der Waals surface area contributed by atoms with Crippen LogP contribution in [0, 0.1) is 6.92 Å². The number of hydrogen-bond acceptors (Lipinski definition) is 3. The summed E-state index contributed by atoms with van der Waals surface area (Å²) in [4.78, 5) is 10.7. The molecule has 0 atom stereocenters. The van der Waals surface area contributed by atoms with Crippen molar-refractivity contribution < 1.29 is 19.4 Å². The van der Waals surface area contributed by atoms with Gasteiger partial charge >= 0.3 is 5.97 Å². The number of benzene rings is 1. The summed E-state index contributed by atoms with van der Waals surface area (Å²) >= 11 is 6.11. The molecule has 4 nitrogen and oxygen atoms in total. The largest absolute Gasteiger partial charge is 0.486 e. The van der Waals surface area contributed by atoms with E-state index in [4.69, 9.17) is 26.2 Å². The summed E-state index contributed by atoms with van der Waals surface area (Å²) in [6.07, 6.45) is -0.110. The highest BCUT2D eigenvalue weighted by Gasteiger charge is 2.21. The first kappa shape index (κ1) is 11.1. The maximum atomic E-state index is 10.7. The van der Waals surface area contributed by atoms with Crippen LogP contribution in [0.1, 0.15) is 11.1 Å². The van der Waals surface area contributed by atoms with Gasteiger partial charge < -0.3 is 14.6 Å². The predicted molar refractivity (Wildman–Crippen MR) is 58.5 cm³/mol. The van der Waals surface area contributed by atoms with Gasteiger partial charge in [-0.2, -0.15) is 0 Å². The molecule has 0 radical (unpaired) electrons. The molecule has 1 aliphatic rings. The van der Waals surface area contributed by atoms with Gasteiger partial charge in [-0.15, -0.1) is 0 Å². The minimum Gasteiger partial charge on any atom is -0.486 e. The van der Waals surface area contributed by atoms with Crippen molar-refractivity contribution in [1.82, 2.24) is 0 Å². The number of carboxylic acids is 1. The molecule has 5 heteroatoms. The lowest BCUT2D eigenvalue weighted by molar-refractivity contribution is -0.136. The molecule has 16 heavy (non-hydrogen) atoms. The molecule has 0 unspecified atom stereocenters. The molecule has 0 spiro atoms. The number of rotatable bonds is 2. The SMILES string of the molecule is Cc1cc2c(c(Cl)c1CC(=O)O)OCCO2. The molecule has 1 aliphatic heterocycles. The zero-order valence-corrected chi connectivity index (χ0v) is 9.50. The van der Waals surface area contributed by atoms with Crippen LogP contribution >= 0.6 is 11.6 Å². The van der Waals surface area contributed by atoms with E-state index in [1.54, 1.807) is 6.07 Å². The third-order valence-corrected chi connectivity index (χ3v) is 2.83. The van der Waals surface area contributed by atoms with Crippen molar-refractivity contribution >= 4 is 17.6 Å². The Morgan fingerprint density at radius 1 is 1.50 bits per heavy atom. The van der Waals surface area contributed by atoms with E-state index >= 15 is 0 Å². The van der Waals surface area contributed by atoms with Crippen LogP contribution in [0.3, 0.4) is 0 Å². The van der Waals surface area contributed by atoms with Gasteiger partial charge in [-0.25, -0.2) is 0 Å². The van der Waals surface area contributed by atoms with E-state index in [1.807, 2.05) is 6.92 Å². The summed E-state index contributed by atoms with van der Waals surface area (Å²) in [6.45, 7) is 2.73. The van der Waals surface area contributed by atoms with E-state index in [-0.39, 0.29) is 6.42 Å². The van der Waals surface area contributed by atoms with E-state index in [0.29, 0.717) is 35.3 Å². The fourth-order valence-electron chi connectivity index (χ4n) is 1.67.